The first-order valence-corrected chi connectivity index (χ1v) is 10.6. The summed E-state index contributed by atoms with van der Waals surface area (Å²) in [6.07, 6.45) is 0.822. The van der Waals surface area contributed by atoms with Gasteiger partial charge in [-0.15, -0.1) is 0 Å². The third kappa shape index (κ3) is 7.80. The molecular weight excluding hydrogens is 364 g/mol. The van der Waals surface area contributed by atoms with Crippen LogP contribution in [0.15, 0.2) is 54.6 Å². The number of hydrogen-bond acceptors (Lipinski definition) is 4. The highest BCUT2D eigenvalue weighted by Crippen LogP contribution is 2.19. The number of nitrogens with one attached hydrogen (secondary N) is 2. The van der Waals surface area contributed by atoms with E-state index >= 15 is 0 Å². The normalized spacial score (nSPS) is 11.1. The number of carbonyl (C=O) groups is 1. The topological polar surface area (TPSA) is 84.5 Å². The Bertz CT molecular complexity index is 823. The summed E-state index contributed by atoms with van der Waals surface area (Å²) >= 11 is 0. The van der Waals surface area contributed by atoms with Crippen LogP contribution in [-0.2, 0) is 27.8 Å². The van der Waals surface area contributed by atoms with Crippen molar-refractivity contribution in [1.29, 1.82) is 0 Å². The summed E-state index contributed by atoms with van der Waals surface area (Å²) in [6, 6.07) is 16.9. The first-order valence-electron chi connectivity index (χ1n) is 8.99. The summed E-state index contributed by atoms with van der Waals surface area (Å²) in [6.45, 7) is 2.80. The molecule has 0 saturated heterocycles. The molecule has 2 aromatic carbocycles. The van der Waals surface area contributed by atoms with Crippen molar-refractivity contribution in [3.63, 3.8) is 0 Å². The van der Waals surface area contributed by atoms with Crippen LogP contribution in [0.4, 0.5) is 0 Å². The van der Waals surface area contributed by atoms with E-state index in [1.54, 1.807) is 0 Å². The third-order valence-corrected chi connectivity index (χ3v) is 5.25. The number of hydrogen-bond donors (Lipinski definition) is 2. The van der Waals surface area contributed by atoms with E-state index in [9.17, 15) is 13.2 Å². The van der Waals surface area contributed by atoms with Crippen LogP contribution in [-0.4, -0.2) is 33.2 Å². The average molecular weight is 391 g/mol. The minimum absolute atomic E-state index is 0.0794. The van der Waals surface area contributed by atoms with Crippen molar-refractivity contribution < 1.29 is 17.9 Å². The van der Waals surface area contributed by atoms with Crippen molar-refractivity contribution in [3.8, 4) is 5.75 Å². The third-order valence-electron chi connectivity index (χ3n) is 3.93. The average Bonchev–Trinajstić information content (AvgIpc) is 2.67. The van der Waals surface area contributed by atoms with Crippen molar-refractivity contribution in [2.24, 2.45) is 0 Å². The molecule has 0 aliphatic heterocycles. The van der Waals surface area contributed by atoms with Gasteiger partial charge in [-0.2, -0.15) is 0 Å². The quantitative estimate of drug-likeness (QED) is 0.616. The van der Waals surface area contributed by atoms with Gasteiger partial charge in [0.15, 0.2) is 0 Å². The highest BCUT2D eigenvalue weighted by Gasteiger charge is 2.11. The molecule has 1 amide bonds. The maximum atomic E-state index is 12.0. The molecule has 0 aliphatic carbocycles. The standard InChI is InChI=1S/C20H26N2O4S/c1-2-26-19-11-7-6-10-18(19)12-13-20(23)21-14-15-27(24,25)22-16-17-8-4-3-5-9-17/h3-11,22H,2,12-16H2,1H3,(H,21,23). The molecule has 2 N–H and O–H groups in total. The fourth-order valence-corrected chi connectivity index (χ4v) is 3.43. The number of amides is 1. The van der Waals surface area contributed by atoms with Gasteiger partial charge in [0, 0.05) is 19.5 Å². The second kappa shape index (κ2) is 10.7. The second-order valence-electron chi connectivity index (χ2n) is 6.02. The Kier molecular flexibility index (Phi) is 8.29. The Labute approximate surface area is 161 Å². The fraction of sp³-hybridized carbons (Fsp3) is 0.350. The van der Waals surface area contributed by atoms with Crippen LogP contribution in [0.3, 0.4) is 0 Å². The summed E-state index contributed by atoms with van der Waals surface area (Å²) in [5.41, 5.74) is 1.85. The van der Waals surface area contributed by atoms with Crippen LogP contribution in [0, 0.1) is 0 Å². The number of ether oxygens (including phenoxy) is 1. The van der Waals surface area contributed by atoms with Crippen LogP contribution in [0.5, 0.6) is 5.75 Å². The number of carbonyl (C=O) groups excluding carboxylic acids is 1. The van der Waals surface area contributed by atoms with Gasteiger partial charge in [0.05, 0.1) is 12.4 Å². The largest absolute Gasteiger partial charge is 0.494 e. The Morgan fingerprint density at radius 3 is 2.48 bits per heavy atom. The summed E-state index contributed by atoms with van der Waals surface area (Å²) < 4.78 is 32.1. The van der Waals surface area contributed by atoms with E-state index in [1.165, 1.54) is 0 Å². The van der Waals surface area contributed by atoms with Crippen molar-refractivity contribution >= 4 is 15.9 Å². The lowest BCUT2D eigenvalue weighted by atomic mass is 10.1. The molecule has 0 atom stereocenters. The molecule has 0 saturated carbocycles. The monoisotopic (exact) mass is 390 g/mol. The maximum absolute atomic E-state index is 12.0. The second-order valence-corrected chi connectivity index (χ2v) is 7.94. The van der Waals surface area contributed by atoms with Crippen molar-refractivity contribution in [2.75, 3.05) is 18.9 Å². The lowest BCUT2D eigenvalue weighted by Gasteiger charge is -2.10. The molecule has 2 aromatic rings. The van der Waals surface area contributed by atoms with Crippen LogP contribution in [0.1, 0.15) is 24.5 Å². The predicted octanol–water partition coefficient (Wildman–Crippen LogP) is 2.25. The molecule has 0 unspecified atom stereocenters. The number of para-hydroxylation sites is 1. The minimum Gasteiger partial charge on any atom is -0.494 e. The summed E-state index contributed by atoms with van der Waals surface area (Å²) in [5.74, 6) is 0.446. The lowest BCUT2D eigenvalue weighted by Crippen LogP contribution is -2.34. The van der Waals surface area contributed by atoms with Crippen LogP contribution in [0.2, 0.25) is 0 Å². The van der Waals surface area contributed by atoms with Gasteiger partial charge in [0.1, 0.15) is 5.75 Å². The number of rotatable bonds is 11. The van der Waals surface area contributed by atoms with Gasteiger partial charge in [-0.05, 0) is 30.5 Å². The first kappa shape index (κ1) is 20.9. The summed E-state index contributed by atoms with van der Waals surface area (Å²) in [7, 11) is -3.44. The van der Waals surface area contributed by atoms with E-state index in [-0.39, 0.29) is 31.2 Å². The van der Waals surface area contributed by atoms with E-state index < -0.39 is 10.0 Å². The van der Waals surface area contributed by atoms with E-state index in [4.69, 9.17) is 4.74 Å². The minimum atomic E-state index is -3.44. The molecule has 0 fully saturated rings. The molecule has 0 bridgehead atoms. The Hall–Kier alpha value is -2.38. The number of sulfonamides is 1. The Balaban J connectivity index is 1.71. The van der Waals surface area contributed by atoms with E-state index in [1.807, 2.05) is 61.5 Å². The maximum Gasteiger partial charge on any atom is 0.220 e. The lowest BCUT2D eigenvalue weighted by molar-refractivity contribution is -0.120. The molecule has 6 nitrogen and oxygen atoms in total. The van der Waals surface area contributed by atoms with Crippen LogP contribution < -0.4 is 14.8 Å². The zero-order chi connectivity index (χ0) is 19.5. The molecule has 0 aliphatic rings. The highest BCUT2D eigenvalue weighted by molar-refractivity contribution is 7.89. The Morgan fingerprint density at radius 2 is 1.74 bits per heavy atom. The number of benzene rings is 2. The SMILES string of the molecule is CCOc1ccccc1CCC(=O)NCCS(=O)(=O)NCc1ccccc1. The van der Waals surface area contributed by atoms with Crippen molar-refractivity contribution in [2.45, 2.75) is 26.3 Å². The van der Waals surface area contributed by atoms with E-state index in [0.29, 0.717) is 13.0 Å². The molecular formula is C20H26N2O4S. The number of aryl methyl sites for hydroxylation is 1. The molecule has 0 aromatic heterocycles. The van der Waals surface area contributed by atoms with Crippen LogP contribution in [0.25, 0.3) is 0 Å². The predicted molar refractivity (Wildman–Crippen MR) is 106 cm³/mol. The van der Waals surface area contributed by atoms with Crippen molar-refractivity contribution in [3.05, 3.63) is 65.7 Å². The van der Waals surface area contributed by atoms with Gasteiger partial charge in [0.25, 0.3) is 0 Å². The van der Waals surface area contributed by atoms with Gasteiger partial charge in [-0.3, -0.25) is 4.79 Å². The zero-order valence-electron chi connectivity index (χ0n) is 15.5. The molecule has 0 radical (unpaired) electrons. The molecule has 27 heavy (non-hydrogen) atoms. The molecule has 0 heterocycles. The molecule has 7 heteroatoms. The van der Waals surface area contributed by atoms with Gasteiger partial charge >= 0.3 is 0 Å². The van der Waals surface area contributed by atoms with Crippen molar-refractivity contribution in [1.82, 2.24) is 10.0 Å². The van der Waals surface area contributed by atoms with E-state index in [0.717, 1.165) is 16.9 Å². The van der Waals surface area contributed by atoms with Gasteiger partial charge in [0.2, 0.25) is 15.9 Å². The first-order chi connectivity index (χ1) is 13.0. The highest BCUT2D eigenvalue weighted by atomic mass is 32.2. The summed E-state index contributed by atoms with van der Waals surface area (Å²) in [4.78, 5) is 12.0. The molecule has 0 spiro atoms. The Morgan fingerprint density at radius 1 is 1.04 bits per heavy atom. The fourth-order valence-electron chi connectivity index (χ4n) is 2.53. The van der Waals surface area contributed by atoms with E-state index in [2.05, 4.69) is 10.0 Å². The molecule has 146 valence electrons. The van der Waals surface area contributed by atoms with Crippen LogP contribution >= 0.6 is 0 Å². The summed E-state index contributed by atoms with van der Waals surface area (Å²) in [5, 5.41) is 2.66. The van der Waals surface area contributed by atoms with Gasteiger partial charge < -0.3 is 10.1 Å². The van der Waals surface area contributed by atoms with Gasteiger partial charge in [-0.25, -0.2) is 13.1 Å². The smallest absolute Gasteiger partial charge is 0.220 e. The van der Waals surface area contributed by atoms with Gasteiger partial charge in [-0.1, -0.05) is 48.5 Å². The zero-order valence-corrected chi connectivity index (χ0v) is 16.3. The molecule has 2 rings (SSSR count).